The molecular weight excluding hydrogens is 156 g/mol. The number of amides is 1. The van der Waals surface area contributed by atoms with Crippen LogP contribution in [0.4, 0.5) is 5.82 Å². The predicted octanol–water partition coefficient (Wildman–Crippen LogP) is 0.607. The van der Waals surface area contributed by atoms with Gasteiger partial charge in [0.25, 0.3) is 0 Å². The van der Waals surface area contributed by atoms with Crippen LogP contribution in [0.2, 0.25) is 0 Å². The molecule has 1 aliphatic rings. The molecule has 0 unspecified atom stereocenters. The van der Waals surface area contributed by atoms with E-state index in [2.05, 4.69) is 10.3 Å². The van der Waals surface area contributed by atoms with Crippen molar-refractivity contribution in [2.45, 2.75) is 6.42 Å². The standard InChI is InChI=1S/C8H6N2O2/c11-6-4-7(12)10-8-5(6)2-1-3-9-8/h1-3H,4H2,(H,9,10,12). The highest BCUT2D eigenvalue weighted by Gasteiger charge is 2.22. The number of hydrogen-bond acceptors (Lipinski definition) is 3. The van der Waals surface area contributed by atoms with E-state index < -0.39 is 0 Å². The normalized spacial score (nSPS) is 15.3. The highest BCUT2D eigenvalue weighted by molar-refractivity contribution is 6.17. The lowest BCUT2D eigenvalue weighted by molar-refractivity contribution is -0.115. The number of nitrogens with one attached hydrogen (secondary N) is 1. The van der Waals surface area contributed by atoms with E-state index in [4.69, 9.17) is 0 Å². The maximum Gasteiger partial charge on any atom is 0.233 e. The Hall–Kier alpha value is -1.71. The first-order valence-corrected chi connectivity index (χ1v) is 3.55. The Bertz CT molecular complexity index is 360. The molecule has 12 heavy (non-hydrogen) atoms. The first-order valence-electron chi connectivity index (χ1n) is 3.55. The Morgan fingerprint density at radius 2 is 2.25 bits per heavy atom. The number of fused-ring (bicyclic) bond motifs is 1. The molecule has 1 aliphatic heterocycles. The molecule has 0 saturated heterocycles. The Morgan fingerprint density at radius 1 is 1.42 bits per heavy atom. The minimum atomic E-state index is -0.286. The predicted molar refractivity (Wildman–Crippen MR) is 41.8 cm³/mol. The average Bonchev–Trinajstić information content (AvgIpc) is 2.04. The van der Waals surface area contributed by atoms with Crippen LogP contribution in [-0.2, 0) is 4.79 Å². The van der Waals surface area contributed by atoms with Crippen LogP contribution in [0, 0.1) is 0 Å². The van der Waals surface area contributed by atoms with Crippen LogP contribution in [0.25, 0.3) is 0 Å². The van der Waals surface area contributed by atoms with Gasteiger partial charge in [-0.05, 0) is 12.1 Å². The molecule has 1 aromatic rings. The van der Waals surface area contributed by atoms with Gasteiger partial charge in [-0.1, -0.05) is 0 Å². The molecule has 0 saturated carbocycles. The third kappa shape index (κ3) is 0.972. The van der Waals surface area contributed by atoms with Crippen molar-refractivity contribution in [3.63, 3.8) is 0 Å². The summed E-state index contributed by atoms with van der Waals surface area (Å²) in [5.41, 5.74) is 0.497. The summed E-state index contributed by atoms with van der Waals surface area (Å²) in [7, 11) is 0. The van der Waals surface area contributed by atoms with Crippen molar-refractivity contribution in [1.82, 2.24) is 4.98 Å². The minimum absolute atomic E-state index is 0.0707. The molecule has 1 amide bonds. The van der Waals surface area contributed by atoms with Crippen LogP contribution >= 0.6 is 0 Å². The summed E-state index contributed by atoms with van der Waals surface area (Å²) in [5.74, 6) is -0.0770. The molecule has 0 bridgehead atoms. The van der Waals surface area contributed by atoms with Crippen LogP contribution in [0.1, 0.15) is 16.8 Å². The van der Waals surface area contributed by atoms with E-state index in [9.17, 15) is 9.59 Å². The Kier molecular flexibility index (Phi) is 1.40. The average molecular weight is 162 g/mol. The number of Topliss-reactive ketones (excluding diaryl/α,β-unsaturated/α-hetero) is 1. The van der Waals surface area contributed by atoms with E-state index in [1.54, 1.807) is 12.1 Å². The van der Waals surface area contributed by atoms with E-state index in [-0.39, 0.29) is 18.1 Å². The van der Waals surface area contributed by atoms with Gasteiger partial charge in [0.1, 0.15) is 5.82 Å². The second kappa shape index (κ2) is 2.41. The smallest absolute Gasteiger partial charge is 0.233 e. The van der Waals surface area contributed by atoms with E-state index >= 15 is 0 Å². The highest BCUT2D eigenvalue weighted by atomic mass is 16.2. The molecule has 60 valence electrons. The number of carbonyl (C=O) groups excluding carboxylic acids is 2. The fourth-order valence-electron chi connectivity index (χ4n) is 1.15. The number of carbonyl (C=O) groups is 2. The molecule has 2 rings (SSSR count). The van der Waals surface area contributed by atoms with E-state index in [0.717, 1.165) is 0 Å². The van der Waals surface area contributed by atoms with Crippen molar-refractivity contribution in [3.05, 3.63) is 23.9 Å². The van der Waals surface area contributed by atoms with Crippen LogP contribution in [0.15, 0.2) is 18.3 Å². The second-order valence-electron chi connectivity index (χ2n) is 2.55. The van der Waals surface area contributed by atoms with E-state index in [0.29, 0.717) is 11.4 Å². The Labute approximate surface area is 68.6 Å². The number of ketones is 1. The maximum absolute atomic E-state index is 11.2. The van der Waals surface area contributed by atoms with Crippen molar-refractivity contribution >= 4 is 17.5 Å². The minimum Gasteiger partial charge on any atom is -0.310 e. The fourth-order valence-corrected chi connectivity index (χ4v) is 1.15. The first-order chi connectivity index (χ1) is 5.77. The van der Waals surface area contributed by atoms with Crippen molar-refractivity contribution in [3.8, 4) is 0 Å². The third-order valence-corrected chi connectivity index (χ3v) is 1.69. The first kappa shape index (κ1) is 6.97. The van der Waals surface area contributed by atoms with Crippen molar-refractivity contribution in [1.29, 1.82) is 0 Å². The molecule has 0 atom stereocenters. The second-order valence-corrected chi connectivity index (χ2v) is 2.55. The summed E-state index contributed by atoms with van der Waals surface area (Å²) in [6, 6.07) is 3.33. The number of hydrogen-bond donors (Lipinski definition) is 1. The number of aromatic nitrogens is 1. The largest absolute Gasteiger partial charge is 0.310 e. The number of pyridine rings is 1. The van der Waals surface area contributed by atoms with Crippen LogP contribution in [0.3, 0.4) is 0 Å². The number of rotatable bonds is 0. The monoisotopic (exact) mass is 162 g/mol. The lowest BCUT2D eigenvalue weighted by Crippen LogP contribution is -2.24. The summed E-state index contributed by atoms with van der Waals surface area (Å²) in [4.78, 5) is 25.9. The Morgan fingerprint density at radius 3 is 3.08 bits per heavy atom. The molecule has 0 spiro atoms. The maximum atomic E-state index is 11.2. The summed E-state index contributed by atoms with van der Waals surface area (Å²) in [6.45, 7) is 0. The van der Waals surface area contributed by atoms with Gasteiger partial charge in [-0.2, -0.15) is 0 Å². The van der Waals surface area contributed by atoms with Gasteiger partial charge in [-0.15, -0.1) is 0 Å². The zero-order valence-corrected chi connectivity index (χ0v) is 6.20. The quantitative estimate of drug-likeness (QED) is 0.568. The van der Waals surface area contributed by atoms with Crippen LogP contribution in [-0.4, -0.2) is 16.7 Å². The summed E-state index contributed by atoms with van der Waals surface area (Å²) in [5, 5.41) is 2.52. The molecule has 1 aromatic heterocycles. The van der Waals surface area contributed by atoms with E-state index in [1.165, 1.54) is 6.20 Å². The lowest BCUT2D eigenvalue weighted by atomic mass is 10.1. The fraction of sp³-hybridized carbons (Fsp3) is 0.125. The molecule has 0 fully saturated rings. The van der Waals surface area contributed by atoms with Gasteiger partial charge >= 0.3 is 0 Å². The number of nitrogens with zero attached hydrogens (tertiary/aromatic N) is 1. The SMILES string of the molecule is O=C1CC(=O)c2cccnc2N1. The zero-order chi connectivity index (χ0) is 8.55. The molecule has 0 aromatic carbocycles. The number of anilines is 1. The van der Waals surface area contributed by atoms with Gasteiger partial charge < -0.3 is 5.32 Å². The molecule has 4 heteroatoms. The van der Waals surface area contributed by atoms with Crippen LogP contribution < -0.4 is 5.32 Å². The molecular formula is C8H6N2O2. The van der Waals surface area contributed by atoms with Gasteiger partial charge in [0, 0.05) is 6.20 Å². The van der Waals surface area contributed by atoms with Gasteiger partial charge in [0.2, 0.25) is 5.91 Å². The molecule has 2 heterocycles. The topological polar surface area (TPSA) is 59.1 Å². The van der Waals surface area contributed by atoms with E-state index in [1.807, 2.05) is 0 Å². The molecule has 1 N–H and O–H groups in total. The zero-order valence-electron chi connectivity index (χ0n) is 6.20. The van der Waals surface area contributed by atoms with Crippen molar-refractivity contribution in [2.75, 3.05) is 5.32 Å². The summed E-state index contributed by atoms with van der Waals surface area (Å²) >= 11 is 0. The third-order valence-electron chi connectivity index (χ3n) is 1.69. The molecule has 0 aliphatic carbocycles. The van der Waals surface area contributed by atoms with Crippen molar-refractivity contribution in [2.24, 2.45) is 0 Å². The highest BCUT2D eigenvalue weighted by Crippen LogP contribution is 2.18. The van der Waals surface area contributed by atoms with Crippen LogP contribution in [0.5, 0.6) is 0 Å². The van der Waals surface area contributed by atoms with Crippen molar-refractivity contribution < 1.29 is 9.59 Å². The van der Waals surface area contributed by atoms with Gasteiger partial charge in [0.05, 0.1) is 12.0 Å². The van der Waals surface area contributed by atoms with Gasteiger partial charge in [-0.25, -0.2) is 4.98 Å². The van der Waals surface area contributed by atoms with Gasteiger partial charge in [-0.3, -0.25) is 9.59 Å². The lowest BCUT2D eigenvalue weighted by Gasteiger charge is -2.13. The van der Waals surface area contributed by atoms with Gasteiger partial charge in [0.15, 0.2) is 5.78 Å². The molecule has 0 radical (unpaired) electrons. The Balaban J connectivity index is 2.54. The summed E-state index contributed by atoms with van der Waals surface area (Å²) in [6.07, 6.45) is 1.47. The summed E-state index contributed by atoms with van der Waals surface area (Å²) < 4.78 is 0. The molecule has 4 nitrogen and oxygen atoms in total.